The van der Waals surface area contributed by atoms with Gasteiger partial charge in [-0.25, -0.2) is 14.6 Å². The van der Waals surface area contributed by atoms with Crippen LogP contribution in [0.3, 0.4) is 0 Å². The number of hydrogen-bond donors (Lipinski definition) is 1. The molecule has 2 aromatic heterocycles. The van der Waals surface area contributed by atoms with Gasteiger partial charge in [0.05, 0.1) is 43.7 Å². The lowest BCUT2D eigenvalue weighted by Crippen LogP contribution is -2.31. The number of aliphatic hydroxyl groups is 1. The molecule has 1 atom stereocenters. The Morgan fingerprint density at radius 3 is 2.49 bits per heavy atom. The number of aryl methyl sites for hydroxylation is 1. The number of aliphatic hydroxyl groups excluding tert-OH is 1. The Morgan fingerprint density at radius 1 is 1.10 bits per heavy atom. The average Bonchev–Trinajstić information content (AvgIpc) is 3.66. The van der Waals surface area contributed by atoms with Crippen molar-refractivity contribution >= 4 is 51.1 Å². The van der Waals surface area contributed by atoms with E-state index >= 15 is 0 Å². The molecule has 1 aliphatic heterocycles. The first kappa shape index (κ1) is 27.6. The molecule has 11 nitrogen and oxygen atoms in total. The van der Waals surface area contributed by atoms with E-state index in [1.54, 1.807) is 32.0 Å². The van der Waals surface area contributed by atoms with Crippen LogP contribution >= 0.6 is 11.3 Å². The zero-order valence-electron chi connectivity index (χ0n) is 22.4. The van der Waals surface area contributed by atoms with Crippen LogP contribution in [0.1, 0.15) is 54.8 Å². The van der Waals surface area contributed by atoms with Gasteiger partial charge in [-0.3, -0.25) is 14.5 Å². The first-order valence-corrected chi connectivity index (χ1v) is 13.2. The molecule has 3 heterocycles. The quantitative estimate of drug-likeness (QED) is 0.226. The van der Waals surface area contributed by atoms with E-state index in [2.05, 4.69) is 4.98 Å². The molecule has 2 aromatic carbocycles. The molecule has 1 amide bonds. The fourth-order valence-electron chi connectivity index (χ4n) is 4.58. The summed E-state index contributed by atoms with van der Waals surface area (Å²) in [6, 6.07) is 11.5. The van der Waals surface area contributed by atoms with E-state index in [-0.39, 0.29) is 33.5 Å². The van der Waals surface area contributed by atoms with Crippen molar-refractivity contribution in [3.8, 4) is 5.75 Å². The van der Waals surface area contributed by atoms with Crippen molar-refractivity contribution in [2.75, 3.05) is 25.7 Å². The number of ketones is 1. The number of fused-ring (bicyclic) bond motifs is 1. The number of ether oxygens (including phenoxy) is 3. The standard InChI is InChI=1S/C29H24N2O9S/c1-5-39-28(36)25-14(2)30-29(41-25)31-21(15-9-11-16(12-10-15)27(35)38-4)20(23(33)26(31)34)22(32)19-13-17-7-6-8-18(37-3)24(17)40-19/h6-13,21,33H,5H2,1-4H3. The lowest BCUT2D eigenvalue weighted by molar-refractivity contribution is -0.117. The SMILES string of the molecule is CCOC(=O)c1sc(N2C(=O)C(O)=C(C(=O)c3cc4cccc(OC)c4o3)C2c2ccc(C(=O)OC)cc2)nc1C. The molecule has 0 saturated heterocycles. The second kappa shape index (κ2) is 10.9. The van der Waals surface area contributed by atoms with Crippen LogP contribution in [0.5, 0.6) is 5.75 Å². The van der Waals surface area contributed by atoms with Crippen LogP contribution in [0.2, 0.25) is 0 Å². The number of aromatic nitrogens is 1. The highest BCUT2D eigenvalue weighted by molar-refractivity contribution is 7.17. The van der Waals surface area contributed by atoms with E-state index in [1.807, 2.05) is 0 Å². The number of methoxy groups -OCH3 is 2. The smallest absolute Gasteiger partial charge is 0.350 e. The molecule has 0 spiro atoms. The number of Topliss-reactive ketones (excluding diaryl/α,β-unsaturated/α-hetero) is 1. The molecule has 41 heavy (non-hydrogen) atoms. The molecule has 12 heteroatoms. The number of rotatable bonds is 8. The maximum atomic E-state index is 13.9. The van der Waals surface area contributed by atoms with Gasteiger partial charge in [-0.1, -0.05) is 35.6 Å². The van der Waals surface area contributed by atoms with Gasteiger partial charge in [0.15, 0.2) is 28.0 Å². The molecule has 4 aromatic rings. The van der Waals surface area contributed by atoms with Gasteiger partial charge >= 0.3 is 11.9 Å². The number of furan rings is 1. The third kappa shape index (κ3) is 4.72. The van der Waals surface area contributed by atoms with E-state index < -0.39 is 35.4 Å². The molecule has 1 aliphatic rings. The van der Waals surface area contributed by atoms with E-state index in [1.165, 1.54) is 44.6 Å². The fraction of sp³-hybridized carbons (Fsp3) is 0.207. The van der Waals surface area contributed by atoms with Crippen molar-refractivity contribution in [1.82, 2.24) is 4.98 Å². The molecule has 5 rings (SSSR count). The maximum absolute atomic E-state index is 13.9. The zero-order valence-corrected chi connectivity index (χ0v) is 23.2. The first-order chi connectivity index (χ1) is 19.7. The summed E-state index contributed by atoms with van der Waals surface area (Å²) < 4.78 is 21.0. The fourth-order valence-corrected chi connectivity index (χ4v) is 5.57. The highest BCUT2D eigenvalue weighted by atomic mass is 32.1. The number of thiazole rings is 1. The van der Waals surface area contributed by atoms with Crippen molar-refractivity contribution in [1.29, 1.82) is 0 Å². The van der Waals surface area contributed by atoms with Crippen LogP contribution in [-0.4, -0.2) is 54.5 Å². The molecule has 0 radical (unpaired) electrons. The third-order valence-corrected chi connectivity index (χ3v) is 7.64. The number of esters is 2. The normalized spacial score (nSPS) is 15.0. The van der Waals surface area contributed by atoms with E-state index in [4.69, 9.17) is 18.6 Å². The number of benzene rings is 2. The summed E-state index contributed by atoms with van der Waals surface area (Å²) in [4.78, 5) is 57.7. The summed E-state index contributed by atoms with van der Waals surface area (Å²) in [7, 11) is 2.72. The van der Waals surface area contributed by atoms with Gasteiger partial charge in [0.1, 0.15) is 4.88 Å². The van der Waals surface area contributed by atoms with Gasteiger partial charge in [-0.2, -0.15) is 0 Å². The molecule has 210 valence electrons. The number of para-hydroxylation sites is 1. The second-order valence-corrected chi connectivity index (χ2v) is 9.88. The van der Waals surface area contributed by atoms with Crippen molar-refractivity contribution in [2.24, 2.45) is 0 Å². The van der Waals surface area contributed by atoms with Crippen LogP contribution in [-0.2, 0) is 14.3 Å². The largest absolute Gasteiger partial charge is 0.503 e. The van der Waals surface area contributed by atoms with Crippen LogP contribution in [0.25, 0.3) is 11.0 Å². The number of hydrogen-bond acceptors (Lipinski definition) is 11. The van der Waals surface area contributed by atoms with Crippen LogP contribution in [0, 0.1) is 6.92 Å². The summed E-state index contributed by atoms with van der Waals surface area (Å²) in [6.07, 6.45) is 0. The number of amides is 1. The van der Waals surface area contributed by atoms with Gasteiger partial charge in [0.25, 0.3) is 5.91 Å². The molecule has 0 bridgehead atoms. The summed E-state index contributed by atoms with van der Waals surface area (Å²) >= 11 is 0.895. The predicted octanol–water partition coefficient (Wildman–Crippen LogP) is 4.95. The van der Waals surface area contributed by atoms with E-state index in [9.17, 15) is 24.3 Å². The highest BCUT2D eigenvalue weighted by Gasteiger charge is 2.47. The van der Waals surface area contributed by atoms with Gasteiger partial charge in [-0.05, 0) is 43.7 Å². The minimum absolute atomic E-state index is 0.0678. The number of carbonyl (C=O) groups excluding carboxylic acids is 4. The average molecular weight is 577 g/mol. The Hall–Kier alpha value is -4.97. The van der Waals surface area contributed by atoms with Gasteiger partial charge in [0.2, 0.25) is 5.78 Å². The topological polar surface area (TPSA) is 145 Å². The number of anilines is 1. The van der Waals surface area contributed by atoms with Crippen LogP contribution in [0.15, 0.2) is 64.3 Å². The highest BCUT2D eigenvalue weighted by Crippen LogP contribution is 2.44. The molecular formula is C29H24N2O9S. The third-order valence-electron chi connectivity index (χ3n) is 6.50. The minimum Gasteiger partial charge on any atom is -0.503 e. The van der Waals surface area contributed by atoms with Crippen molar-refractivity contribution in [3.05, 3.63) is 87.3 Å². The van der Waals surface area contributed by atoms with E-state index in [0.717, 1.165) is 16.2 Å². The molecular weight excluding hydrogens is 552 g/mol. The minimum atomic E-state index is -1.17. The lowest BCUT2D eigenvalue weighted by atomic mass is 9.94. The van der Waals surface area contributed by atoms with Crippen LogP contribution < -0.4 is 9.64 Å². The number of carbonyl (C=O) groups is 4. The Bertz CT molecular complexity index is 1730. The Labute approximate surface area is 237 Å². The molecule has 1 unspecified atom stereocenters. The Balaban J connectivity index is 1.64. The summed E-state index contributed by atoms with van der Waals surface area (Å²) in [5.41, 5.74) is 1.02. The summed E-state index contributed by atoms with van der Waals surface area (Å²) in [5, 5.41) is 11.7. The Kier molecular flexibility index (Phi) is 7.33. The molecule has 0 fully saturated rings. The van der Waals surface area contributed by atoms with Gasteiger partial charge in [0, 0.05) is 5.39 Å². The summed E-state index contributed by atoms with van der Waals surface area (Å²) in [6.45, 7) is 3.40. The summed E-state index contributed by atoms with van der Waals surface area (Å²) in [5.74, 6) is -3.33. The molecule has 0 saturated carbocycles. The van der Waals surface area contributed by atoms with Crippen LogP contribution in [0.4, 0.5) is 5.13 Å². The molecule has 0 aliphatic carbocycles. The second-order valence-electron chi connectivity index (χ2n) is 8.90. The Morgan fingerprint density at radius 2 is 1.83 bits per heavy atom. The number of nitrogens with zero attached hydrogens (tertiary/aromatic N) is 2. The maximum Gasteiger partial charge on any atom is 0.350 e. The van der Waals surface area contributed by atoms with Crippen molar-refractivity contribution in [2.45, 2.75) is 19.9 Å². The van der Waals surface area contributed by atoms with E-state index in [0.29, 0.717) is 28.0 Å². The lowest BCUT2D eigenvalue weighted by Gasteiger charge is -2.24. The predicted molar refractivity (Wildman–Crippen MR) is 148 cm³/mol. The van der Waals surface area contributed by atoms with Gasteiger partial charge < -0.3 is 23.7 Å². The van der Waals surface area contributed by atoms with Crippen molar-refractivity contribution in [3.63, 3.8) is 0 Å². The van der Waals surface area contributed by atoms with Gasteiger partial charge in [-0.15, -0.1) is 0 Å². The zero-order chi connectivity index (χ0) is 29.4. The monoisotopic (exact) mass is 576 g/mol. The van der Waals surface area contributed by atoms with Crippen molar-refractivity contribution < 1.29 is 42.9 Å². The molecule has 1 N–H and O–H groups in total. The first-order valence-electron chi connectivity index (χ1n) is 12.4.